The fourth-order valence-corrected chi connectivity index (χ4v) is 3.66. The Morgan fingerprint density at radius 2 is 1.80 bits per heavy atom. The molecule has 0 radical (unpaired) electrons. The number of rotatable bonds is 8. The van der Waals surface area contributed by atoms with Crippen LogP contribution in [0.2, 0.25) is 0 Å². The summed E-state index contributed by atoms with van der Waals surface area (Å²) in [5, 5.41) is 13.3. The van der Waals surface area contributed by atoms with Gasteiger partial charge in [0, 0.05) is 23.4 Å². The van der Waals surface area contributed by atoms with Gasteiger partial charge in [-0.05, 0) is 36.6 Å². The Bertz CT molecular complexity index is 1070. The first-order valence-corrected chi connectivity index (χ1v) is 10.5. The van der Waals surface area contributed by atoms with E-state index in [0.29, 0.717) is 6.42 Å². The number of carbonyl (C=O) groups excluding carboxylic acids is 2. The Kier molecular flexibility index (Phi) is 7.24. The molecule has 4 N–H and O–H groups in total. The molecule has 0 saturated heterocycles. The molecule has 0 aliphatic rings. The summed E-state index contributed by atoms with van der Waals surface area (Å²) in [6, 6.07) is 9.38. The third kappa shape index (κ3) is 6.09. The fraction of sp³-hybridized carbons (Fsp3) is 0.263. The number of nitrogens with one attached hydrogen (secondary N) is 2. The molecule has 0 fully saturated rings. The predicted octanol–water partition coefficient (Wildman–Crippen LogP) is 2.03. The largest absolute Gasteiger partial charge is 0.322 e. The first-order valence-electron chi connectivity index (χ1n) is 8.97. The number of nitro groups is 1. The van der Waals surface area contributed by atoms with Crippen molar-refractivity contribution in [1.82, 2.24) is 4.72 Å². The molecule has 160 valence electrons. The van der Waals surface area contributed by atoms with Crippen molar-refractivity contribution in [3.63, 3.8) is 0 Å². The molecule has 10 nitrogen and oxygen atoms in total. The number of hydrogen-bond donors (Lipinski definition) is 3. The summed E-state index contributed by atoms with van der Waals surface area (Å²) in [5.41, 5.74) is 5.63. The van der Waals surface area contributed by atoms with Gasteiger partial charge >= 0.3 is 0 Å². The molecule has 2 aromatic carbocycles. The molecule has 30 heavy (non-hydrogen) atoms. The van der Waals surface area contributed by atoms with Crippen LogP contribution < -0.4 is 15.8 Å². The Hall–Kier alpha value is -3.31. The van der Waals surface area contributed by atoms with Crippen LogP contribution in [-0.4, -0.2) is 31.2 Å². The van der Waals surface area contributed by atoms with E-state index in [0.717, 1.165) is 6.07 Å². The van der Waals surface area contributed by atoms with Crippen LogP contribution in [0.15, 0.2) is 53.4 Å². The highest BCUT2D eigenvalue weighted by atomic mass is 32.2. The second-order valence-electron chi connectivity index (χ2n) is 7.00. The zero-order chi connectivity index (χ0) is 22.5. The summed E-state index contributed by atoms with van der Waals surface area (Å²) in [6.45, 7) is 3.71. The van der Waals surface area contributed by atoms with E-state index in [-0.39, 0.29) is 27.8 Å². The minimum Gasteiger partial charge on any atom is -0.322 e. The van der Waals surface area contributed by atoms with Gasteiger partial charge in [-0.25, -0.2) is 13.1 Å². The lowest BCUT2D eigenvalue weighted by molar-refractivity contribution is -0.384. The monoisotopic (exact) mass is 434 g/mol. The van der Waals surface area contributed by atoms with Crippen LogP contribution in [0.25, 0.3) is 0 Å². The van der Waals surface area contributed by atoms with E-state index < -0.39 is 32.8 Å². The van der Waals surface area contributed by atoms with Crippen LogP contribution >= 0.6 is 0 Å². The van der Waals surface area contributed by atoms with E-state index in [9.17, 15) is 28.1 Å². The average molecular weight is 434 g/mol. The van der Waals surface area contributed by atoms with Gasteiger partial charge < -0.3 is 11.1 Å². The summed E-state index contributed by atoms with van der Waals surface area (Å²) >= 11 is 0. The minimum atomic E-state index is -4.20. The lowest BCUT2D eigenvalue weighted by atomic mass is 10.0. The first-order chi connectivity index (χ1) is 14.0. The average Bonchev–Trinajstić information content (AvgIpc) is 2.67. The molecular weight excluding hydrogens is 412 g/mol. The van der Waals surface area contributed by atoms with Gasteiger partial charge in [0.05, 0.1) is 15.9 Å². The second kappa shape index (κ2) is 9.46. The van der Waals surface area contributed by atoms with Gasteiger partial charge in [-0.3, -0.25) is 19.7 Å². The van der Waals surface area contributed by atoms with E-state index in [4.69, 9.17) is 5.73 Å². The highest BCUT2D eigenvalue weighted by molar-refractivity contribution is 7.90. The van der Waals surface area contributed by atoms with Crippen LogP contribution in [0.3, 0.4) is 0 Å². The number of nitrogens with zero attached hydrogens (tertiary/aromatic N) is 1. The molecular formula is C19H22N4O6S. The number of amides is 2. The van der Waals surface area contributed by atoms with Crippen molar-refractivity contribution < 1.29 is 22.9 Å². The number of benzene rings is 2. The molecule has 0 saturated carbocycles. The van der Waals surface area contributed by atoms with Crippen molar-refractivity contribution in [1.29, 1.82) is 0 Å². The Balaban J connectivity index is 2.17. The highest BCUT2D eigenvalue weighted by Crippen LogP contribution is 2.18. The minimum absolute atomic E-state index is 0.0328. The molecule has 1 atom stereocenters. The maximum Gasteiger partial charge on any atom is 0.270 e. The third-order valence-electron chi connectivity index (χ3n) is 4.02. The molecule has 0 aliphatic heterocycles. The quantitative estimate of drug-likeness (QED) is 0.423. The summed E-state index contributed by atoms with van der Waals surface area (Å²) in [4.78, 5) is 34.4. The van der Waals surface area contributed by atoms with Crippen LogP contribution in [0.1, 0.15) is 30.6 Å². The van der Waals surface area contributed by atoms with E-state index in [1.54, 1.807) is 0 Å². The lowest BCUT2D eigenvalue weighted by Gasteiger charge is -2.15. The Morgan fingerprint density at radius 3 is 2.43 bits per heavy atom. The molecule has 0 unspecified atom stereocenters. The molecule has 0 aliphatic carbocycles. The Morgan fingerprint density at radius 1 is 1.13 bits per heavy atom. The number of sulfonamides is 1. The van der Waals surface area contributed by atoms with Crippen molar-refractivity contribution in [2.45, 2.75) is 31.2 Å². The maximum atomic E-state index is 12.5. The first kappa shape index (κ1) is 23.0. The standard InChI is InChI=1S/C19H22N4O6S/c1-12(2)9-17(20)19(25)22-30(28,29)16-8-4-6-14(11-16)21-18(24)13-5-3-7-15(10-13)23(26)27/h3-8,10-12,17H,9,20H2,1-2H3,(H,21,24)(H,22,25)/t17-/m0/s1. The number of nitrogens with two attached hydrogens (primary N) is 1. The summed E-state index contributed by atoms with van der Waals surface area (Å²) in [7, 11) is -4.20. The van der Waals surface area contributed by atoms with Crippen molar-refractivity contribution in [3.05, 3.63) is 64.2 Å². The molecule has 0 spiro atoms. The highest BCUT2D eigenvalue weighted by Gasteiger charge is 2.23. The number of carbonyl (C=O) groups is 2. The fourth-order valence-electron chi connectivity index (χ4n) is 2.59. The zero-order valence-corrected chi connectivity index (χ0v) is 17.2. The molecule has 11 heteroatoms. The molecule has 0 bridgehead atoms. The smallest absolute Gasteiger partial charge is 0.270 e. The molecule has 2 amide bonds. The summed E-state index contributed by atoms with van der Waals surface area (Å²) in [5.74, 6) is -1.37. The second-order valence-corrected chi connectivity index (χ2v) is 8.68. The van der Waals surface area contributed by atoms with Crippen LogP contribution in [0, 0.1) is 16.0 Å². The van der Waals surface area contributed by atoms with E-state index in [2.05, 4.69) is 5.32 Å². The topological polar surface area (TPSA) is 162 Å². The molecule has 0 heterocycles. The SMILES string of the molecule is CC(C)C[C@H](N)C(=O)NS(=O)(=O)c1cccc(NC(=O)c2cccc([N+](=O)[O-])c2)c1. The molecule has 2 rings (SSSR count). The number of non-ortho nitro benzene ring substituents is 1. The van der Waals surface area contributed by atoms with Gasteiger partial charge in [0.15, 0.2) is 0 Å². The zero-order valence-electron chi connectivity index (χ0n) is 16.4. The molecule has 0 aromatic heterocycles. The van der Waals surface area contributed by atoms with Gasteiger partial charge in [-0.15, -0.1) is 0 Å². The molecule has 2 aromatic rings. The van der Waals surface area contributed by atoms with Gasteiger partial charge in [0.25, 0.3) is 27.5 Å². The summed E-state index contributed by atoms with van der Waals surface area (Å²) in [6.07, 6.45) is 0.320. The van der Waals surface area contributed by atoms with Crippen molar-refractivity contribution in [2.75, 3.05) is 5.32 Å². The van der Waals surface area contributed by atoms with E-state index in [1.807, 2.05) is 18.6 Å². The maximum absolute atomic E-state index is 12.5. The van der Waals surface area contributed by atoms with Gasteiger partial charge in [-0.2, -0.15) is 0 Å². The third-order valence-corrected chi connectivity index (χ3v) is 5.36. The van der Waals surface area contributed by atoms with E-state index in [1.165, 1.54) is 42.5 Å². The van der Waals surface area contributed by atoms with Crippen molar-refractivity contribution in [3.8, 4) is 0 Å². The number of nitro benzene ring substituents is 1. The van der Waals surface area contributed by atoms with Gasteiger partial charge in [-0.1, -0.05) is 26.0 Å². The van der Waals surface area contributed by atoms with E-state index >= 15 is 0 Å². The van der Waals surface area contributed by atoms with Crippen LogP contribution in [-0.2, 0) is 14.8 Å². The Labute approximate surface area is 173 Å². The normalized spacial score (nSPS) is 12.3. The summed E-state index contributed by atoms with van der Waals surface area (Å²) < 4.78 is 26.9. The van der Waals surface area contributed by atoms with Crippen LogP contribution in [0.5, 0.6) is 0 Å². The van der Waals surface area contributed by atoms with Crippen LogP contribution in [0.4, 0.5) is 11.4 Å². The number of anilines is 1. The van der Waals surface area contributed by atoms with Gasteiger partial charge in [0.2, 0.25) is 0 Å². The predicted molar refractivity (Wildman–Crippen MR) is 110 cm³/mol. The lowest BCUT2D eigenvalue weighted by Crippen LogP contribution is -2.43. The van der Waals surface area contributed by atoms with Crippen molar-refractivity contribution in [2.24, 2.45) is 11.7 Å². The number of hydrogen-bond acceptors (Lipinski definition) is 7. The van der Waals surface area contributed by atoms with Crippen molar-refractivity contribution >= 4 is 33.2 Å². The van der Waals surface area contributed by atoms with Gasteiger partial charge in [0.1, 0.15) is 0 Å².